The molecule has 0 aromatic carbocycles. The SMILES string of the molecule is CC(CN1CCOCC1)NC(=O)C(C)C1CCCC(N)C1. The molecule has 0 spiro atoms. The Morgan fingerprint density at radius 1 is 1.33 bits per heavy atom. The van der Waals surface area contributed by atoms with E-state index >= 15 is 0 Å². The highest BCUT2D eigenvalue weighted by Gasteiger charge is 2.29. The number of nitrogens with zero attached hydrogens (tertiary/aromatic N) is 1. The predicted octanol–water partition coefficient (Wildman–Crippen LogP) is 0.977. The van der Waals surface area contributed by atoms with Gasteiger partial charge in [0.1, 0.15) is 0 Å². The van der Waals surface area contributed by atoms with Crippen LogP contribution in [0.4, 0.5) is 0 Å². The Labute approximate surface area is 128 Å². The second-order valence-electron chi connectivity index (χ2n) is 6.80. The fourth-order valence-corrected chi connectivity index (χ4v) is 3.53. The zero-order valence-electron chi connectivity index (χ0n) is 13.5. The fraction of sp³-hybridized carbons (Fsp3) is 0.938. The van der Waals surface area contributed by atoms with Gasteiger partial charge in [0.25, 0.3) is 0 Å². The lowest BCUT2D eigenvalue weighted by molar-refractivity contribution is -0.127. The molecule has 2 aliphatic rings. The Kier molecular flexibility index (Phi) is 6.45. The third kappa shape index (κ3) is 5.24. The molecule has 4 atom stereocenters. The fourth-order valence-electron chi connectivity index (χ4n) is 3.53. The van der Waals surface area contributed by atoms with E-state index in [1.807, 2.05) is 0 Å². The van der Waals surface area contributed by atoms with Crippen molar-refractivity contribution in [3.63, 3.8) is 0 Å². The smallest absolute Gasteiger partial charge is 0.223 e. The van der Waals surface area contributed by atoms with Crippen molar-refractivity contribution in [3.05, 3.63) is 0 Å². The highest BCUT2D eigenvalue weighted by Crippen LogP contribution is 2.29. The summed E-state index contributed by atoms with van der Waals surface area (Å²) in [5.74, 6) is 0.711. The molecule has 1 heterocycles. The van der Waals surface area contributed by atoms with Crippen molar-refractivity contribution in [3.8, 4) is 0 Å². The maximum atomic E-state index is 12.4. The first-order valence-electron chi connectivity index (χ1n) is 8.42. The molecule has 4 unspecified atom stereocenters. The Hall–Kier alpha value is -0.650. The van der Waals surface area contributed by atoms with Gasteiger partial charge in [-0.3, -0.25) is 9.69 Å². The van der Waals surface area contributed by atoms with Gasteiger partial charge in [-0.25, -0.2) is 0 Å². The summed E-state index contributed by atoms with van der Waals surface area (Å²) in [6, 6.07) is 0.472. The summed E-state index contributed by atoms with van der Waals surface area (Å²) in [7, 11) is 0. The van der Waals surface area contributed by atoms with E-state index in [-0.39, 0.29) is 23.9 Å². The average Bonchev–Trinajstić information content (AvgIpc) is 2.47. The minimum Gasteiger partial charge on any atom is -0.379 e. The number of nitrogens with one attached hydrogen (secondary N) is 1. The summed E-state index contributed by atoms with van der Waals surface area (Å²) in [5.41, 5.74) is 6.04. The Morgan fingerprint density at radius 3 is 2.71 bits per heavy atom. The van der Waals surface area contributed by atoms with Gasteiger partial charge in [0.05, 0.1) is 13.2 Å². The molecule has 1 amide bonds. The van der Waals surface area contributed by atoms with E-state index in [1.165, 1.54) is 0 Å². The van der Waals surface area contributed by atoms with Crippen molar-refractivity contribution in [2.45, 2.75) is 51.6 Å². The molecule has 21 heavy (non-hydrogen) atoms. The van der Waals surface area contributed by atoms with Gasteiger partial charge in [0, 0.05) is 37.6 Å². The molecule has 1 saturated carbocycles. The number of hydrogen-bond acceptors (Lipinski definition) is 4. The molecular weight excluding hydrogens is 266 g/mol. The molecule has 0 radical (unpaired) electrons. The summed E-state index contributed by atoms with van der Waals surface area (Å²) in [4.78, 5) is 14.8. The van der Waals surface area contributed by atoms with E-state index in [0.717, 1.165) is 58.5 Å². The highest BCUT2D eigenvalue weighted by molar-refractivity contribution is 5.78. The average molecular weight is 297 g/mol. The number of carbonyl (C=O) groups excluding carboxylic acids is 1. The van der Waals surface area contributed by atoms with Crippen molar-refractivity contribution < 1.29 is 9.53 Å². The standard InChI is InChI=1S/C16H31N3O2/c1-12(11-19-6-8-21-9-7-19)18-16(20)13(2)14-4-3-5-15(17)10-14/h12-15H,3-11,17H2,1-2H3,(H,18,20). The van der Waals surface area contributed by atoms with Gasteiger partial charge in [-0.1, -0.05) is 13.3 Å². The molecule has 5 heteroatoms. The monoisotopic (exact) mass is 297 g/mol. The van der Waals surface area contributed by atoms with Crippen LogP contribution in [0.5, 0.6) is 0 Å². The van der Waals surface area contributed by atoms with Crippen LogP contribution >= 0.6 is 0 Å². The first kappa shape index (κ1) is 16.7. The number of hydrogen-bond donors (Lipinski definition) is 2. The zero-order chi connectivity index (χ0) is 15.2. The second-order valence-corrected chi connectivity index (χ2v) is 6.80. The molecule has 1 aliphatic carbocycles. The van der Waals surface area contributed by atoms with Gasteiger partial charge < -0.3 is 15.8 Å². The topological polar surface area (TPSA) is 67.6 Å². The summed E-state index contributed by atoms with van der Waals surface area (Å²) < 4.78 is 5.35. The van der Waals surface area contributed by atoms with Crippen LogP contribution in [0.15, 0.2) is 0 Å². The molecule has 122 valence electrons. The molecule has 1 aliphatic heterocycles. The maximum Gasteiger partial charge on any atom is 0.223 e. The van der Waals surface area contributed by atoms with Gasteiger partial charge in [0.2, 0.25) is 5.91 Å². The summed E-state index contributed by atoms with van der Waals surface area (Å²) in [6.07, 6.45) is 4.40. The van der Waals surface area contributed by atoms with Crippen molar-refractivity contribution in [1.82, 2.24) is 10.2 Å². The highest BCUT2D eigenvalue weighted by atomic mass is 16.5. The van der Waals surface area contributed by atoms with Crippen LogP contribution in [-0.2, 0) is 9.53 Å². The lowest BCUT2D eigenvalue weighted by Crippen LogP contribution is -2.48. The number of nitrogens with two attached hydrogens (primary N) is 1. The number of rotatable bonds is 5. The first-order chi connectivity index (χ1) is 10.1. The molecule has 1 saturated heterocycles. The largest absolute Gasteiger partial charge is 0.379 e. The van der Waals surface area contributed by atoms with Crippen LogP contribution in [0.2, 0.25) is 0 Å². The Bertz CT molecular complexity index is 331. The molecule has 5 nitrogen and oxygen atoms in total. The van der Waals surface area contributed by atoms with Crippen molar-refractivity contribution >= 4 is 5.91 Å². The van der Waals surface area contributed by atoms with Crippen molar-refractivity contribution in [1.29, 1.82) is 0 Å². The molecule has 2 fully saturated rings. The minimum absolute atomic E-state index is 0.0727. The normalized spacial score (nSPS) is 30.6. The van der Waals surface area contributed by atoms with E-state index in [1.54, 1.807) is 0 Å². The number of amides is 1. The first-order valence-corrected chi connectivity index (χ1v) is 8.42. The second kappa shape index (κ2) is 8.11. The minimum atomic E-state index is 0.0727. The third-order valence-electron chi connectivity index (χ3n) is 4.90. The van der Waals surface area contributed by atoms with Crippen LogP contribution in [0.1, 0.15) is 39.5 Å². The van der Waals surface area contributed by atoms with E-state index in [4.69, 9.17) is 10.5 Å². The Morgan fingerprint density at radius 2 is 2.05 bits per heavy atom. The Balaban J connectivity index is 1.74. The number of morpholine rings is 1. The van der Waals surface area contributed by atoms with Crippen LogP contribution < -0.4 is 11.1 Å². The number of carbonyl (C=O) groups is 1. The maximum absolute atomic E-state index is 12.4. The van der Waals surface area contributed by atoms with E-state index < -0.39 is 0 Å². The molecule has 3 N–H and O–H groups in total. The quantitative estimate of drug-likeness (QED) is 0.794. The lowest BCUT2D eigenvalue weighted by atomic mass is 9.78. The van der Waals surface area contributed by atoms with Crippen LogP contribution in [-0.4, -0.2) is 55.7 Å². The van der Waals surface area contributed by atoms with Crippen LogP contribution in [0, 0.1) is 11.8 Å². The summed E-state index contributed by atoms with van der Waals surface area (Å²) in [6.45, 7) is 8.59. The molecule has 0 aromatic heterocycles. The molecule has 0 aromatic rings. The van der Waals surface area contributed by atoms with Gasteiger partial charge in [-0.15, -0.1) is 0 Å². The van der Waals surface area contributed by atoms with Gasteiger partial charge in [0.15, 0.2) is 0 Å². The molecule has 0 bridgehead atoms. The van der Waals surface area contributed by atoms with Crippen LogP contribution in [0.25, 0.3) is 0 Å². The van der Waals surface area contributed by atoms with Gasteiger partial charge >= 0.3 is 0 Å². The van der Waals surface area contributed by atoms with Crippen molar-refractivity contribution in [2.24, 2.45) is 17.6 Å². The van der Waals surface area contributed by atoms with Gasteiger partial charge in [-0.2, -0.15) is 0 Å². The molecule has 2 rings (SSSR count). The summed E-state index contributed by atoms with van der Waals surface area (Å²) in [5, 5.41) is 3.18. The van der Waals surface area contributed by atoms with E-state index in [0.29, 0.717) is 5.92 Å². The van der Waals surface area contributed by atoms with E-state index in [9.17, 15) is 4.79 Å². The lowest BCUT2D eigenvalue weighted by Gasteiger charge is -2.32. The zero-order valence-corrected chi connectivity index (χ0v) is 13.5. The molecular formula is C16H31N3O2. The third-order valence-corrected chi connectivity index (χ3v) is 4.90. The predicted molar refractivity (Wildman–Crippen MR) is 84.0 cm³/mol. The van der Waals surface area contributed by atoms with E-state index in [2.05, 4.69) is 24.1 Å². The number of ether oxygens (including phenoxy) is 1. The van der Waals surface area contributed by atoms with Gasteiger partial charge in [-0.05, 0) is 32.1 Å². The van der Waals surface area contributed by atoms with Crippen LogP contribution in [0.3, 0.4) is 0 Å². The van der Waals surface area contributed by atoms with Crippen molar-refractivity contribution in [2.75, 3.05) is 32.8 Å². The summed E-state index contributed by atoms with van der Waals surface area (Å²) >= 11 is 0.